The number of nitrogens with zero attached hydrogens (tertiary/aromatic N) is 2. The molecular formula is C24H25ClN2O3. The van der Waals surface area contributed by atoms with Crippen LogP contribution in [0.1, 0.15) is 37.3 Å². The Morgan fingerprint density at radius 1 is 1.00 bits per heavy atom. The topological polar surface area (TPSA) is 49.9 Å². The Balaban J connectivity index is 1.77. The van der Waals surface area contributed by atoms with Crippen molar-refractivity contribution in [1.29, 1.82) is 0 Å². The van der Waals surface area contributed by atoms with Gasteiger partial charge in [0, 0.05) is 18.1 Å². The smallest absolute Gasteiger partial charge is 0.282 e. The van der Waals surface area contributed by atoms with Crippen LogP contribution in [0.2, 0.25) is 5.02 Å². The largest absolute Gasteiger partial charge is 0.494 e. The van der Waals surface area contributed by atoms with Crippen LogP contribution in [0, 0.1) is 6.92 Å². The van der Waals surface area contributed by atoms with Crippen LogP contribution < -0.4 is 9.64 Å². The van der Waals surface area contributed by atoms with Crippen LogP contribution in [0.25, 0.3) is 5.57 Å². The molecule has 0 aromatic heterocycles. The Labute approximate surface area is 181 Å². The average Bonchev–Trinajstić information content (AvgIpc) is 3.36. The van der Waals surface area contributed by atoms with Gasteiger partial charge in [-0.3, -0.25) is 9.59 Å². The Hall–Kier alpha value is -2.79. The standard InChI is InChI=1S/C24H25ClN2O3/c1-3-15-30-18-11-9-17(10-12-18)21-22(26-13-4-5-14-26)24(29)27(23(21)28)20-8-6-7-19(25)16(20)2/h6-12H,3-5,13-15H2,1-2H3. The second kappa shape index (κ2) is 8.52. The number of likely N-dealkylation sites (tertiary alicyclic amines) is 1. The second-order valence-electron chi connectivity index (χ2n) is 7.62. The van der Waals surface area contributed by atoms with E-state index in [4.69, 9.17) is 16.3 Å². The number of hydrogen-bond donors (Lipinski definition) is 0. The summed E-state index contributed by atoms with van der Waals surface area (Å²) < 4.78 is 5.66. The van der Waals surface area contributed by atoms with E-state index in [0.717, 1.165) is 43.7 Å². The third-order valence-corrected chi connectivity index (χ3v) is 5.99. The highest BCUT2D eigenvalue weighted by molar-refractivity contribution is 6.46. The van der Waals surface area contributed by atoms with Gasteiger partial charge in [-0.2, -0.15) is 0 Å². The summed E-state index contributed by atoms with van der Waals surface area (Å²) in [6, 6.07) is 12.7. The number of hydrogen-bond acceptors (Lipinski definition) is 4. The van der Waals surface area contributed by atoms with Crippen LogP contribution in [0.3, 0.4) is 0 Å². The molecule has 0 spiro atoms. The number of carbonyl (C=O) groups excluding carboxylic acids is 2. The Bertz CT molecular complexity index is 1010. The van der Waals surface area contributed by atoms with E-state index in [0.29, 0.717) is 34.2 Å². The molecule has 0 radical (unpaired) electrons. The zero-order chi connectivity index (χ0) is 21.3. The maximum absolute atomic E-state index is 13.6. The summed E-state index contributed by atoms with van der Waals surface area (Å²) in [5.41, 5.74) is 2.90. The number of anilines is 1. The highest BCUT2D eigenvalue weighted by Gasteiger charge is 2.43. The summed E-state index contributed by atoms with van der Waals surface area (Å²) in [6.07, 6.45) is 2.95. The first-order valence-electron chi connectivity index (χ1n) is 10.4. The van der Waals surface area contributed by atoms with Crippen molar-refractivity contribution in [2.24, 2.45) is 0 Å². The molecule has 2 aliphatic rings. The van der Waals surface area contributed by atoms with Gasteiger partial charge in [0.15, 0.2) is 0 Å². The molecule has 0 atom stereocenters. The van der Waals surface area contributed by atoms with Crippen LogP contribution in [-0.2, 0) is 9.59 Å². The predicted octanol–water partition coefficient (Wildman–Crippen LogP) is 4.82. The second-order valence-corrected chi connectivity index (χ2v) is 8.03. The van der Waals surface area contributed by atoms with Crippen LogP contribution in [0.15, 0.2) is 48.2 Å². The Kier molecular flexibility index (Phi) is 5.82. The number of rotatable bonds is 6. The Morgan fingerprint density at radius 3 is 2.37 bits per heavy atom. The first-order chi connectivity index (χ1) is 14.5. The van der Waals surface area contributed by atoms with Crippen molar-refractivity contribution in [3.05, 3.63) is 64.3 Å². The van der Waals surface area contributed by atoms with Crippen LogP contribution in [0.5, 0.6) is 5.75 Å². The van der Waals surface area contributed by atoms with Gasteiger partial charge >= 0.3 is 0 Å². The van der Waals surface area contributed by atoms with Crippen molar-refractivity contribution in [2.75, 3.05) is 24.6 Å². The number of benzene rings is 2. The molecule has 0 unspecified atom stereocenters. The molecule has 2 aliphatic heterocycles. The van der Waals surface area contributed by atoms with Crippen molar-refractivity contribution in [3.63, 3.8) is 0 Å². The van der Waals surface area contributed by atoms with Gasteiger partial charge in [-0.05, 0) is 61.6 Å². The van der Waals surface area contributed by atoms with Crippen molar-refractivity contribution in [3.8, 4) is 5.75 Å². The van der Waals surface area contributed by atoms with Crippen molar-refractivity contribution in [1.82, 2.24) is 4.90 Å². The molecule has 2 amide bonds. The van der Waals surface area contributed by atoms with Crippen molar-refractivity contribution in [2.45, 2.75) is 33.1 Å². The molecule has 2 aromatic carbocycles. The molecule has 0 N–H and O–H groups in total. The third-order valence-electron chi connectivity index (χ3n) is 5.58. The number of halogens is 1. The highest BCUT2D eigenvalue weighted by atomic mass is 35.5. The Morgan fingerprint density at radius 2 is 1.70 bits per heavy atom. The fourth-order valence-electron chi connectivity index (χ4n) is 4.01. The number of amides is 2. The lowest BCUT2D eigenvalue weighted by Gasteiger charge is -2.21. The molecule has 1 saturated heterocycles. The summed E-state index contributed by atoms with van der Waals surface area (Å²) >= 11 is 6.28. The zero-order valence-electron chi connectivity index (χ0n) is 17.3. The summed E-state index contributed by atoms with van der Waals surface area (Å²) in [4.78, 5) is 30.4. The van der Waals surface area contributed by atoms with E-state index in [1.165, 1.54) is 4.90 Å². The number of ether oxygens (including phenoxy) is 1. The van der Waals surface area contributed by atoms with Crippen molar-refractivity contribution < 1.29 is 14.3 Å². The average molecular weight is 425 g/mol. The minimum Gasteiger partial charge on any atom is -0.494 e. The van der Waals surface area contributed by atoms with Gasteiger partial charge < -0.3 is 9.64 Å². The monoisotopic (exact) mass is 424 g/mol. The highest BCUT2D eigenvalue weighted by Crippen LogP contribution is 2.38. The van der Waals surface area contributed by atoms with Crippen molar-refractivity contribution >= 4 is 34.7 Å². The summed E-state index contributed by atoms with van der Waals surface area (Å²) in [5.74, 6) is 0.159. The van der Waals surface area contributed by atoms with Crippen LogP contribution in [0.4, 0.5) is 5.69 Å². The lowest BCUT2D eigenvalue weighted by Crippen LogP contribution is -2.35. The van der Waals surface area contributed by atoms with E-state index < -0.39 is 0 Å². The number of imide groups is 1. The van der Waals surface area contributed by atoms with Gasteiger partial charge in [0.05, 0.1) is 17.9 Å². The minimum absolute atomic E-state index is 0.284. The lowest BCUT2D eigenvalue weighted by molar-refractivity contribution is -0.120. The maximum Gasteiger partial charge on any atom is 0.282 e. The van der Waals surface area contributed by atoms with Gasteiger partial charge in [-0.25, -0.2) is 4.90 Å². The molecule has 0 saturated carbocycles. The quantitative estimate of drug-likeness (QED) is 0.624. The fraction of sp³-hybridized carbons (Fsp3) is 0.333. The molecule has 2 aromatic rings. The summed E-state index contributed by atoms with van der Waals surface area (Å²) in [6.45, 7) is 6.07. The van der Waals surface area contributed by atoms with Crippen LogP contribution >= 0.6 is 11.6 Å². The molecule has 4 rings (SSSR count). The van der Waals surface area contributed by atoms with Crippen LogP contribution in [-0.4, -0.2) is 36.4 Å². The van der Waals surface area contributed by atoms with Gasteiger partial charge in [0.2, 0.25) is 0 Å². The van der Waals surface area contributed by atoms with E-state index in [1.54, 1.807) is 18.2 Å². The first-order valence-corrected chi connectivity index (χ1v) is 10.8. The molecule has 1 fully saturated rings. The van der Waals surface area contributed by atoms with Gasteiger partial charge in [0.25, 0.3) is 11.8 Å². The van der Waals surface area contributed by atoms with E-state index in [-0.39, 0.29) is 11.8 Å². The molecule has 6 heteroatoms. The summed E-state index contributed by atoms with van der Waals surface area (Å²) in [5, 5.41) is 0.529. The molecule has 2 heterocycles. The molecule has 30 heavy (non-hydrogen) atoms. The predicted molar refractivity (Wildman–Crippen MR) is 119 cm³/mol. The molecular weight excluding hydrogens is 400 g/mol. The third kappa shape index (κ3) is 3.58. The SMILES string of the molecule is CCCOc1ccc(C2=C(N3CCCC3)C(=O)N(c3cccc(Cl)c3C)C2=O)cc1. The number of carbonyl (C=O) groups is 2. The fourth-order valence-corrected chi connectivity index (χ4v) is 4.18. The van der Waals surface area contributed by atoms with Gasteiger partial charge in [0.1, 0.15) is 11.4 Å². The van der Waals surface area contributed by atoms with E-state index in [2.05, 4.69) is 6.92 Å². The van der Waals surface area contributed by atoms with E-state index in [1.807, 2.05) is 36.1 Å². The molecule has 0 aliphatic carbocycles. The minimum atomic E-state index is -0.311. The molecule has 0 bridgehead atoms. The summed E-state index contributed by atoms with van der Waals surface area (Å²) in [7, 11) is 0. The molecule has 156 valence electrons. The van der Waals surface area contributed by atoms with Gasteiger partial charge in [-0.1, -0.05) is 36.7 Å². The normalized spacial score (nSPS) is 16.8. The van der Waals surface area contributed by atoms with E-state index in [9.17, 15) is 9.59 Å². The maximum atomic E-state index is 13.6. The first kappa shape index (κ1) is 20.5. The lowest BCUT2D eigenvalue weighted by atomic mass is 10.0. The van der Waals surface area contributed by atoms with E-state index >= 15 is 0 Å². The van der Waals surface area contributed by atoms with Gasteiger partial charge in [-0.15, -0.1) is 0 Å². The zero-order valence-corrected chi connectivity index (χ0v) is 18.0. The molecule has 5 nitrogen and oxygen atoms in total.